The van der Waals surface area contributed by atoms with Crippen molar-refractivity contribution in [3.63, 3.8) is 0 Å². The second-order valence-corrected chi connectivity index (χ2v) is 14.8. The number of rotatable bonds is 5. The molecule has 1 fully saturated rings. The van der Waals surface area contributed by atoms with Crippen LogP contribution in [-0.2, 0) is 15.6 Å². The summed E-state index contributed by atoms with van der Waals surface area (Å²) in [6, 6.07) is 31.9. The number of ether oxygens (including phenoxy) is 2. The van der Waals surface area contributed by atoms with Crippen molar-refractivity contribution < 1.29 is 9.47 Å². The monoisotopic (exact) mass is 634 g/mol. The molecule has 0 unspecified atom stereocenters. The number of aromatic nitrogens is 2. The second kappa shape index (κ2) is 11.6. The number of anilines is 3. The summed E-state index contributed by atoms with van der Waals surface area (Å²) in [7, 11) is 0. The van der Waals surface area contributed by atoms with E-state index in [4.69, 9.17) is 19.5 Å². The molecular formula is C42H42N4O2. The van der Waals surface area contributed by atoms with Gasteiger partial charge in [-0.25, -0.2) is 9.98 Å². The van der Waals surface area contributed by atoms with Crippen LogP contribution in [0.4, 0.5) is 17.2 Å². The maximum absolute atomic E-state index is 6.76. The first kappa shape index (κ1) is 30.4. The molecule has 4 heterocycles. The lowest BCUT2D eigenvalue weighted by Gasteiger charge is -2.41. The molecule has 2 aliphatic heterocycles. The molecule has 0 spiro atoms. The molecule has 48 heavy (non-hydrogen) atoms. The SMILES string of the molecule is CC(C)(C)c1ccnc(N2c3ccccc3C(C)(C)c3ccc(Oc4cc(C5=N[C@@H]6CCCC[C@@H]6O5)cc(-c5ccccn5)c4)cc32)c1. The van der Waals surface area contributed by atoms with Crippen molar-refractivity contribution in [1.29, 1.82) is 0 Å². The number of para-hydroxylation sites is 1. The quantitative estimate of drug-likeness (QED) is 0.193. The summed E-state index contributed by atoms with van der Waals surface area (Å²) in [5.41, 5.74) is 8.43. The zero-order chi connectivity index (χ0) is 33.0. The third-order valence-corrected chi connectivity index (χ3v) is 10.1. The number of fused-ring (bicyclic) bond motifs is 3. The first-order valence-electron chi connectivity index (χ1n) is 17.1. The van der Waals surface area contributed by atoms with Crippen LogP contribution in [0.1, 0.15) is 82.6 Å². The van der Waals surface area contributed by atoms with Gasteiger partial charge in [0.05, 0.1) is 23.1 Å². The summed E-state index contributed by atoms with van der Waals surface area (Å²) in [6.45, 7) is 11.3. The van der Waals surface area contributed by atoms with Crippen molar-refractivity contribution in [3.8, 4) is 22.8 Å². The number of aliphatic imine (C=N–C) groups is 1. The van der Waals surface area contributed by atoms with Crippen molar-refractivity contribution in [3.05, 3.63) is 126 Å². The smallest absolute Gasteiger partial charge is 0.216 e. The van der Waals surface area contributed by atoms with Gasteiger partial charge in [0.1, 0.15) is 23.4 Å². The summed E-state index contributed by atoms with van der Waals surface area (Å²) in [5, 5.41) is 0. The van der Waals surface area contributed by atoms with Crippen LogP contribution >= 0.6 is 0 Å². The summed E-state index contributed by atoms with van der Waals surface area (Å²) in [5.74, 6) is 3.05. The van der Waals surface area contributed by atoms with Gasteiger partial charge in [-0.15, -0.1) is 0 Å². The highest BCUT2D eigenvalue weighted by Crippen LogP contribution is 2.52. The molecule has 1 aliphatic carbocycles. The molecular weight excluding hydrogens is 592 g/mol. The van der Waals surface area contributed by atoms with E-state index >= 15 is 0 Å². The van der Waals surface area contributed by atoms with Gasteiger partial charge in [0.2, 0.25) is 5.90 Å². The van der Waals surface area contributed by atoms with E-state index in [1.807, 2.05) is 36.7 Å². The normalized spacial score (nSPS) is 19.4. The van der Waals surface area contributed by atoms with Crippen LogP contribution in [0.5, 0.6) is 11.5 Å². The summed E-state index contributed by atoms with van der Waals surface area (Å²) in [4.78, 5) is 16.9. The fourth-order valence-corrected chi connectivity index (χ4v) is 7.44. The van der Waals surface area contributed by atoms with Gasteiger partial charge >= 0.3 is 0 Å². The van der Waals surface area contributed by atoms with Crippen LogP contribution in [0.2, 0.25) is 0 Å². The Labute approximate surface area is 283 Å². The number of pyridine rings is 2. The van der Waals surface area contributed by atoms with Crippen molar-refractivity contribution >= 4 is 23.1 Å². The predicted octanol–water partition coefficient (Wildman–Crippen LogP) is 10.4. The van der Waals surface area contributed by atoms with E-state index in [1.165, 1.54) is 29.5 Å². The molecule has 0 radical (unpaired) electrons. The third kappa shape index (κ3) is 5.43. The minimum Gasteiger partial charge on any atom is -0.472 e. The van der Waals surface area contributed by atoms with E-state index in [2.05, 4.69) is 111 Å². The van der Waals surface area contributed by atoms with Crippen LogP contribution in [0, 0.1) is 0 Å². The Morgan fingerprint density at radius 2 is 1.54 bits per heavy atom. The Kier molecular flexibility index (Phi) is 7.35. The molecule has 0 amide bonds. The molecule has 2 aromatic heterocycles. The van der Waals surface area contributed by atoms with Gasteiger partial charge in [-0.2, -0.15) is 0 Å². The third-order valence-electron chi connectivity index (χ3n) is 10.1. The Hall–Kier alpha value is -4.97. The van der Waals surface area contributed by atoms with E-state index in [0.717, 1.165) is 52.6 Å². The molecule has 3 aliphatic rings. The van der Waals surface area contributed by atoms with Gasteiger partial charge in [-0.3, -0.25) is 9.88 Å². The minimum absolute atomic E-state index is 0.0124. The zero-order valence-corrected chi connectivity index (χ0v) is 28.4. The van der Waals surface area contributed by atoms with E-state index in [9.17, 15) is 0 Å². The Balaban J connectivity index is 1.23. The minimum atomic E-state index is -0.219. The number of benzene rings is 3. The van der Waals surface area contributed by atoms with E-state index in [1.54, 1.807) is 0 Å². The highest BCUT2D eigenvalue weighted by molar-refractivity contribution is 5.97. The van der Waals surface area contributed by atoms with Gasteiger partial charge in [0.25, 0.3) is 0 Å². The maximum Gasteiger partial charge on any atom is 0.216 e. The molecule has 6 heteroatoms. The molecule has 0 N–H and O–H groups in total. The van der Waals surface area contributed by atoms with Crippen molar-refractivity contribution in [2.45, 2.75) is 83.3 Å². The largest absolute Gasteiger partial charge is 0.472 e. The average Bonchev–Trinajstić information content (AvgIpc) is 3.53. The van der Waals surface area contributed by atoms with Crippen LogP contribution in [0.3, 0.4) is 0 Å². The number of hydrogen-bond acceptors (Lipinski definition) is 6. The Morgan fingerprint density at radius 1 is 0.750 bits per heavy atom. The first-order chi connectivity index (χ1) is 23.1. The summed E-state index contributed by atoms with van der Waals surface area (Å²) < 4.78 is 13.2. The lowest BCUT2D eigenvalue weighted by Crippen LogP contribution is -2.31. The zero-order valence-electron chi connectivity index (χ0n) is 28.4. The first-order valence-corrected chi connectivity index (χ1v) is 17.1. The van der Waals surface area contributed by atoms with Crippen molar-refractivity contribution in [1.82, 2.24) is 9.97 Å². The van der Waals surface area contributed by atoms with Gasteiger partial charge < -0.3 is 9.47 Å². The summed E-state index contributed by atoms with van der Waals surface area (Å²) in [6.07, 6.45) is 8.44. The molecule has 0 saturated heterocycles. The maximum atomic E-state index is 6.76. The molecule has 2 atom stereocenters. The number of hydrogen-bond donors (Lipinski definition) is 0. The Bertz CT molecular complexity index is 2030. The van der Waals surface area contributed by atoms with Gasteiger partial charge in [0.15, 0.2) is 0 Å². The standard InChI is InChI=1S/C42H42N4O2/c1-41(2,3)29-19-21-44-39(25-29)46-36-15-8-6-12-32(36)42(4,5)33-18-17-30(26-37(33)46)47-31-23-27(34-13-10-11-20-43-34)22-28(24-31)40-45-35-14-7-9-16-38(35)48-40/h6,8,10-13,15,17-26,35,38H,7,9,14,16H2,1-5H3/t35-,38+/m1/s1. The van der Waals surface area contributed by atoms with Gasteiger partial charge in [-0.05, 0) is 96.0 Å². The van der Waals surface area contributed by atoms with Crippen LogP contribution < -0.4 is 9.64 Å². The van der Waals surface area contributed by atoms with E-state index in [-0.39, 0.29) is 23.0 Å². The topological polar surface area (TPSA) is 59.8 Å². The van der Waals surface area contributed by atoms with Crippen molar-refractivity contribution in [2.75, 3.05) is 4.90 Å². The molecule has 8 rings (SSSR count). The second-order valence-electron chi connectivity index (χ2n) is 14.8. The van der Waals surface area contributed by atoms with Crippen LogP contribution in [0.25, 0.3) is 11.3 Å². The van der Waals surface area contributed by atoms with Gasteiger partial charge in [-0.1, -0.05) is 71.4 Å². The van der Waals surface area contributed by atoms with Gasteiger partial charge in [0, 0.05) is 35.0 Å². The molecule has 5 aromatic rings. The highest BCUT2D eigenvalue weighted by Gasteiger charge is 2.38. The van der Waals surface area contributed by atoms with Crippen LogP contribution in [-0.4, -0.2) is 28.0 Å². The Morgan fingerprint density at radius 3 is 2.35 bits per heavy atom. The molecule has 6 nitrogen and oxygen atoms in total. The molecule has 0 bridgehead atoms. The van der Waals surface area contributed by atoms with E-state index < -0.39 is 0 Å². The molecule has 3 aromatic carbocycles. The molecule has 1 saturated carbocycles. The lowest BCUT2D eigenvalue weighted by atomic mass is 9.73. The fourth-order valence-electron chi connectivity index (χ4n) is 7.44. The lowest BCUT2D eigenvalue weighted by molar-refractivity contribution is 0.153. The van der Waals surface area contributed by atoms with E-state index in [0.29, 0.717) is 11.6 Å². The van der Waals surface area contributed by atoms with Crippen molar-refractivity contribution in [2.24, 2.45) is 4.99 Å². The fraction of sp³-hybridized carbons (Fsp3) is 0.310. The number of nitrogens with zero attached hydrogens (tertiary/aromatic N) is 4. The summed E-state index contributed by atoms with van der Waals surface area (Å²) >= 11 is 0. The van der Waals surface area contributed by atoms with Crippen LogP contribution in [0.15, 0.2) is 108 Å². The average molecular weight is 635 g/mol. The molecule has 242 valence electrons. The highest BCUT2D eigenvalue weighted by atomic mass is 16.5. The predicted molar refractivity (Wildman–Crippen MR) is 193 cm³/mol.